The fourth-order valence-corrected chi connectivity index (χ4v) is 4.60. The van der Waals surface area contributed by atoms with Crippen molar-refractivity contribution in [3.8, 4) is 11.5 Å². The van der Waals surface area contributed by atoms with E-state index in [1.807, 2.05) is 30.7 Å². The Kier molecular flexibility index (Phi) is 6.35. The van der Waals surface area contributed by atoms with Gasteiger partial charge in [0.1, 0.15) is 0 Å². The molecule has 1 aromatic heterocycles. The van der Waals surface area contributed by atoms with Crippen LogP contribution < -0.4 is 9.47 Å². The number of benzene rings is 1. The van der Waals surface area contributed by atoms with Crippen molar-refractivity contribution in [2.24, 2.45) is 16.9 Å². The Labute approximate surface area is 177 Å². The molecular formula is C23H30N4O3. The molecule has 0 spiro atoms. The Balaban J connectivity index is 1.54. The van der Waals surface area contributed by atoms with E-state index < -0.39 is 0 Å². The summed E-state index contributed by atoms with van der Waals surface area (Å²) in [5.41, 5.74) is 2.02. The smallest absolute Gasteiger partial charge is 0.246 e. The Morgan fingerprint density at radius 1 is 1.03 bits per heavy atom. The molecule has 160 valence electrons. The van der Waals surface area contributed by atoms with Gasteiger partial charge in [-0.2, -0.15) is 5.10 Å². The number of rotatable bonds is 8. The number of imidazole rings is 1. The van der Waals surface area contributed by atoms with Gasteiger partial charge in [0.15, 0.2) is 11.5 Å². The zero-order chi connectivity index (χ0) is 20.9. The highest BCUT2D eigenvalue weighted by Crippen LogP contribution is 2.39. The van der Waals surface area contributed by atoms with Crippen LogP contribution in [0, 0.1) is 11.8 Å². The van der Waals surface area contributed by atoms with E-state index in [2.05, 4.69) is 9.55 Å². The largest absolute Gasteiger partial charge is 0.493 e. The first-order valence-corrected chi connectivity index (χ1v) is 10.8. The van der Waals surface area contributed by atoms with Gasteiger partial charge in [0.05, 0.1) is 26.3 Å². The highest BCUT2D eigenvalue weighted by molar-refractivity contribution is 6.07. The summed E-state index contributed by atoms with van der Waals surface area (Å²) in [5.74, 6) is 1.80. The molecule has 7 heteroatoms. The van der Waals surface area contributed by atoms with E-state index in [0.717, 1.165) is 56.3 Å². The Morgan fingerprint density at radius 2 is 1.80 bits per heavy atom. The van der Waals surface area contributed by atoms with Crippen LogP contribution in [-0.2, 0) is 11.3 Å². The molecule has 7 nitrogen and oxygen atoms in total. The number of ether oxygens (including phenoxy) is 2. The van der Waals surface area contributed by atoms with Gasteiger partial charge in [0.2, 0.25) is 5.91 Å². The molecule has 1 aliphatic heterocycles. The fraction of sp³-hybridized carbons (Fsp3) is 0.522. The van der Waals surface area contributed by atoms with Crippen LogP contribution in [0.5, 0.6) is 11.5 Å². The van der Waals surface area contributed by atoms with Gasteiger partial charge in [0.25, 0.3) is 0 Å². The van der Waals surface area contributed by atoms with Gasteiger partial charge in [-0.05, 0) is 43.9 Å². The van der Waals surface area contributed by atoms with Gasteiger partial charge in [0, 0.05) is 42.9 Å². The van der Waals surface area contributed by atoms with E-state index in [1.165, 1.54) is 0 Å². The average molecular weight is 411 g/mol. The summed E-state index contributed by atoms with van der Waals surface area (Å²) in [4.78, 5) is 17.2. The number of hydrazone groups is 1. The van der Waals surface area contributed by atoms with Crippen molar-refractivity contribution in [1.29, 1.82) is 0 Å². The molecule has 0 unspecified atom stereocenters. The van der Waals surface area contributed by atoms with Crippen LogP contribution in [0.1, 0.15) is 44.1 Å². The number of nitrogens with zero attached hydrogens (tertiary/aromatic N) is 4. The molecule has 30 heavy (non-hydrogen) atoms. The van der Waals surface area contributed by atoms with Gasteiger partial charge in [-0.25, -0.2) is 9.99 Å². The number of unbranched alkanes of at least 4 members (excludes halogenated alkanes) is 1. The lowest BCUT2D eigenvalue weighted by atomic mass is 9.73. The number of aryl methyl sites for hydroxylation is 1. The second-order valence-corrected chi connectivity index (χ2v) is 8.02. The molecule has 2 aromatic rings. The Bertz CT molecular complexity index is 894. The summed E-state index contributed by atoms with van der Waals surface area (Å²) in [5, 5.41) is 6.58. The molecule has 0 radical (unpaired) electrons. The van der Waals surface area contributed by atoms with Crippen LogP contribution in [0.3, 0.4) is 0 Å². The number of carbonyl (C=O) groups excluding carboxylic acids is 1. The standard InChI is InChI=1S/C23H30N4O3/c1-29-20-10-9-17(15-21(20)30-2)22-18-7-3-4-8-19(18)23(28)27(25-22)13-6-5-12-26-14-11-24-16-26/h9-11,14-16,18-19H,3-8,12-13H2,1-2H3/t18-,19+/m1/s1. The maximum Gasteiger partial charge on any atom is 0.246 e. The molecule has 0 saturated heterocycles. The molecule has 1 saturated carbocycles. The third kappa shape index (κ3) is 4.20. The highest BCUT2D eigenvalue weighted by atomic mass is 16.5. The predicted octanol–water partition coefficient (Wildman–Crippen LogP) is 3.73. The first-order valence-electron chi connectivity index (χ1n) is 10.8. The van der Waals surface area contributed by atoms with Crippen molar-refractivity contribution >= 4 is 11.6 Å². The number of methoxy groups -OCH3 is 2. The van der Waals surface area contributed by atoms with Crippen molar-refractivity contribution in [3.63, 3.8) is 0 Å². The van der Waals surface area contributed by atoms with Crippen LogP contribution in [-0.4, -0.2) is 46.9 Å². The third-order valence-electron chi connectivity index (χ3n) is 6.19. The lowest BCUT2D eigenvalue weighted by Gasteiger charge is -2.38. The summed E-state index contributed by atoms with van der Waals surface area (Å²) in [6.07, 6.45) is 11.7. The molecule has 2 heterocycles. The van der Waals surface area contributed by atoms with E-state index in [1.54, 1.807) is 25.4 Å². The maximum absolute atomic E-state index is 13.1. The van der Waals surface area contributed by atoms with Gasteiger partial charge >= 0.3 is 0 Å². The lowest BCUT2D eigenvalue weighted by molar-refractivity contribution is -0.139. The van der Waals surface area contributed by atoms with E-state index in [-0.39, 0.29) is 17.7 Å². The number of carbonyl (C=O) groups is 1. The molecular weight excluding hydrogens is 380 g/mol. The van der Waals surface area contributed by atoms with Crippen molar-refractivity contribution in [1.82, 2.24) is 14.6 Å². The van der Waals surface area contributed by atoms with E-state index >= 15 is 0 Å². The van der Waals surface area contributed by atoms with Crippen LogP contribution in [0.2, 0.25) is 0 Å². The minimum absolute atomic E-state index is 0.0352. The summed E-state index contributed by atoms with van der Waals surface area (Å²) >= 11 is 0. The van der Waals surface area contributed by atoms with Crippen LogP contribution in [0.4, 0.5) is 0 Å². The molecule has 2 aliphatic rings. The number of fused-ring (bicyclic) bond motifs is 1. The van der Waals surface area contributed by atoms with E-state index in [4.69, 9.17) is 14.6 Å². The zero-order valence-corrected chi connectivity index (χ0v) is 17.8. The number of hydrogen-bond donors (Lipinski definition) is 0. The SMILES string of the molecule is COc1ccc(C2=NN(CCCCn3ccnc3)C(=O)[C@H]3CCCC[C@@H]23)cc1OC. The average Bonchev–Trinajstić information content (AvgIpc) is 3.31. The molecule has 1 amide bonds. The van der Waals surface area contributed by atoms with Gasteiger partial charge < -0.3 is 14.0 Å². The first-order chi connectivity index (χ1) is 14.7. The Hall–Kier alpha value is -2.83. The lowest BCUT2D eigenvalue weighted by Crippen LogP contribution is -2.46. The number of aromatic nitrogens is 2. The second-order valence-electron chi connectivity index (χ2n) is 8.02. The summed E-state index contributed by atoms with van der Waals surface area (Å²) in [7, 11) is 3.28. The van der Waals surface area contributed by atoms with Gasteiger partial charge in [-0.3, -0.25) is 4.79 Å². The van der Waals surface area contributed by atoms with Gasteiger partial charge in [-0.1, -0.05) is 12.8 Å². The minimum Gasteiger partial charge on any atom is -0.493 e. The maximum atomic E-state index is 13.1. The molecule has 1 fully saturated rings. The molecule has 4 rings (SSSR count). The summed E-state index contributed by atoms with van der Waals surface area (Å²) < 4.78 is 12.9. The number of hydrogen-bond acceptors (Lipinski definition) is 5. The second kappa shape index (κ2) is 9.32. The normalized spacial score (nSPS) is 21.2. The third-order valence-corrected chi connectivity index (χ3v) is 6.19. The predicted molar refractivity (Wildman–Crippen MR) is 115 cm³/mol. The molecule has 0 N–H and O–H groups in total. The summed E-state index contributed by atoms with van der Waals surface area (Å²) in [6.45, 7) is 1.55. The zero-order valence-electron chi connectivity index (χ0n) is 17.8. The van der Waals surface area contributed by atoms with Crippen molar-refractivity contribution in [2.45, 2.75) is 45.1 Å². The van der Waals surface area contributed by atoms with E-state index in [0.29, 0.717) is 18.0 Å². The fourth-order valence-electron chi connectivity index (χ4n) is 4.60. The minimum atomic E-state index is 0.0352. The van der Waals surface area contributed by atoms with E-state index in [9.17, 15) is 4.79 Å². The summed E-state index contributed by atoms with van der Waals surface area (Å²) in [6, 6.07) is 5.93. The molecule has 1 aliphatic carbocycles. The molecule has 1 aromatic carbocycles. The highest BCUT2D eigenvalue weighted by Gasteiger charge is 2.41. The first kappa shape index (κ1) is 20.4. The van der Waals surface area contributed by atoms with Crippen molar-refractivity contribution < 1.29 is 14.3 Å². The van der Waals surface area contributed by atoms with Crippen molar-refractivity contribution in [3.05, 3.63) is 42.5 Å². The monoisotopic (exact) mass is 410 g/mol. The van der Waals surface area contributed by atoms with Crippen LogP contribution in [0.15, 0.2) is 42.0 Å². The van der Waals surface area contributed by atoms with Gasteiger partial charge in [-0.15, -0.1) is 0 Å². The van der Waals surface area contributed by atoms with Crippen molar-refractivity contribution in [2.75, 3.05) is 20.8 Å². The quantitative estimate of drug-likeness (QED) is 0.622. The molecule has 2 atom stereocenters. The number of amides is 1. The van der Waals surface area contributed by atoms with Crippen LogP contribution >= 0.6 is 0 Å². The topological polar surface area (TPSA) is 69.0 Å². The van der Waals surface area contributed by atoms with Crippen LogP contribution in [0.25, 0.3) is 0 Å². The Morgan fingerprint density at radius 3 is 2.53 bits per heavy atom. The molecule has 0 bridgehead atoms.